The Hall–Kier alpha value is -1.65. The first-order chi connectivity index (χ1) is 10.2. The van der Waals surface area contributed by atoms with Gasteiger partial charge in [-0.15, -0.1) is 0 Å². The maximum absolute atomic E-state index is 6.49. The number of hydrogen-bond acceptors (Lipinski definition) is 3. The lowest BCUT2D eigenvalue weighted by atomic mass is 9.98. The van der Waals surface area contributed by atoms with Gasteiger partial charge in [0.2, 0.25) is 0 Å². The number of fused-ring (bicyclic) bond motifs is 1. The summed E-state index contributed by atoms with van der Waals surface area (Å²) < 4.78 is 2.23. The van der Waals surface area contributed by atoms with Crippen LogP contribution in [0.2, 0.25) is 0 Å². The highest BCUT2D eigenvalue weighted by atomic mass is 15.3. The second-order valence-corrected chi connectivity index (χ2v) is 5.87. The third kappa shape index (κ3) is 2.87. The van der Waals surface area contributed by atoms with Crippen LogP contribution in [0, 0.1) is 0 Å². The van der Waals surface area contributed by atoms with Crippen molar-refractivity contribution in [3.8, 4) is 0 Å². The fourth-order valence-corrected chi connectivity index (χ4v) is 3.02. The van der Waals surface area contributed by atoms with Crippen molar-refractivity contribution in [2.24, 2.45) is 5.73 Å². The number of imidazole rings is 1. The minimum absolute atomic E-state index is 0.0393. The molecule has 4 heteroatoms. The third-order valence-electron chi connectivity index (χ3n) is 4.64. The molecule has 1 aliphatic heterocycles. The van der Waals surface area contributed by atoms with E-state index in [0.29, 0.717) is 6.04 Å². The van der Waals surface area contributed by atoms with Crippen LogP contribution in [0.3, 0.4) is 0 Å². The zero-order chi connectivity index (χ0) is 14.8. The topological polar surface area (TPSA) is 47.1 Å². The summed E-state index contributed by atoms with van der Waals surface area (Å²) in [5, 5.41) is 0. The van der Waals surface area contributed by atoms with E-state index in [1.54, 1.807) is 0 Å². The van der Waals surface area contributed by atoms with Crippen molar-refractivity contribution in [1.29, 1.82) is 0 Å². The molecule has 0 fully saturated rings. The lowest BCUT2D eigenvalue weighted by molar-refractivity contribution is 0.143. The molecule has 0 aliphatic carbocycles. The normalized spacial score (nSPS) is 18.2. The highest BCUT2D eigenvalue weighted by Gasteiger charge is 2.25. The molecule has 1 aromatic heterocycles. The van der Waals surface area contributed by atoms with E-state index in [1.807, 2.05) is 6.20 Å². The van der Waals surface area contributed by atoms with Gasteiger partial charge in [0.15, 0.2) is 0 Å². The van der Waals surface area contributed by atoms with Gasteiger partial charge in [0, 0.05) is 37.6 Å². The van der Waals surface area contributed by atoms with Gasteiger partial charge in [0.25, 0.3) is 0 Å². The summed E-state index contributed by atoms with van der Waals surface area (Å²) in [6.45, 7) is 7.31. The molecule has 0 amide bonds. The van der Waals surface area contributed by atoms with E-state index in [-0.39, 0.29) is 6.04 Å². The first-order valence-electron chi connectivity index (χ1n) is 7.77. The number of rotatable bonds is 4. The van der Waals surface area contributed by atoms with E-state index >= 15 is 0 Å². The number of benzene rings is 1. The van der Waals surface area contributed by atoms with Crippen LogP contribution in [-0.4, -0.2) is 27.0 Å². The van der Waals surface area contributed by atoms with E-state index in [0.717, 1.165) is 31.9 Å². The molecule has 4 nitrogen and oxygen atoms in total. The fraction of sp³-hybridized carbons (Fsp3) is 0.471. The van der Waals surface area contributed by atoms with E-state index < -0.39 is 0 Å². The van der Waals surface area contributed by atoms with E-state index in [1.165, 1.54) is 11.1 Å². The summed E-state index contributed by atoms with van der Waals surface area (Å²) in [6.07, 6.45) is 5.01. The van der Waals surface area contributed by atoms with Crippen LogP contribution in [0.5, 0.6) is 0 Å². The van der Waals surface area contributed by atoms with Gasteiger partial charge in [-0.3, -0.25) is 4.90 Å². The average molecular weight is 284 g/mol. The van der Waals surface area contributed by atoms with Crippen molar-refractivity contribution >= 4 is 0 Å². The van der Waals surface area contributed by atoms with Gasteiger partial charge in [-0.05, 0) is 24.5 Å². The van der Waals surface area contributed by atoms with Crippen LogP contribution in [0.1, 0.15) is 36.8 Å². The van der Waals surface area contributed by atoms with E-state index in [9.17, 15) is 0 Å². The van der Waals surface area contributed by atoms with Crippen LogP contribution in [-0.2, 0) is 19.5 Å². The van der Waals surface area contributed by atoms with Crippen molar-refractivity contribution in [3.05, 3.63) is 53.6 Å². The second kappa shape index (κ2) is 6.00. The quantitative estimate of drug-likeness (QED) is 0.937. The lowest BCUT2D eigenvalue weighted by Crippen LogP contribution is -2.44. The van der Waals surface area contributed by atoms with Gasteiger partial charge in [-0.25, -0.2) is 4.98 Å². The molecular formula is C17H24N4. The van der Waals surface area contributed by atoms with Crippen molar-refractivity contribution in [1.82, 2.24) is 14.5 Å². The zero-order valence-electron chi connectivity index (χ0n) is 12.9. The van der Waals surface area contributed by atoms with Gasteiger partial charge >= 0.3 is 0 Å². The zero-order valence-corrected chi connectivity index (χ0v) is 12.9. The molecule has 21 heavy (non-hydrogen) atoms. The summed E-state index contributed by atoms with van der Waals surface area (Å²) in [5.41, 5.74) is 9.06. The Morgan fingerprint density at radius 3 is 2.71 bits per heavy atom. The standard InChI is InChI=1S/C17H24N4/c1-3-14-4-6-15(7-5-14)17(18)13(2)21-11-10-20-9-8-19-16(20)12-21/h4-9,13,17H,3,10-12,18H2,1-2H3. The largest absolute Gasteiger partial charge is 0.333 e. The fourth-order valence-electron chi connectivity index (χ4n) is 3.02. The molecule has 2 unspecified atom stereocenters. The van der Waals surface area contributed by atoms with Gasteiger partial charge in [0.1, 0.15) is 5.82 Å². The monoisotopic (exact) mass is 284 g/mol. The SMILES string of the molecule is CCc1ccc(C(N)C(C)N2CCn3ccnc3C2)cc1. The smallest absolute Gasteiger partial charge is 0.122 e. The maximum Gasteiger partial charge on any atom is 0.122 e. The Morgan fingerprint density at radius 2 is 2.00 bits per heavy atom. The van der Waals surface area contributed by atoms with Crippen molar-refractivity contribution in [3.63, 3.8) is 0 Å². The van der Waals surface area contributed by atoms with Crippen LogP contribution < -0.4 is 5.73 Å². The number of aryl methyl sites for hydroxylation is 1. The van der Waals surface area contributed by atoms with Crippen LogP contribution >= 0.6 is 0 Å². The molecule has 0 bridgehead atoms. The molecule has 2 atom stereocenters. The summed E-state index contributed by atoms with van der Waals surface area (Å²) in [4.78, 5) is 6.86. The van der Waals surface area contributed by atoms with Crippen LogP contribution in [0.4, 0.5) is 0 Å². The predicted molar refractivity (Wildman–Crippen MR) is 84.8 cm³/mol. The average Bonchev–Trinajstić information content (AvgIpc) is 3.01. The minimum atomic E-state index is 0.0393. The van der Waals surface area contributed by atoms with Crippen molar-refractivity contribution in [2.75, 3.05) is 6.54 Å². The Morgan fingerprint density at radius 1 is 1.24 bits per heavy atom. The Balaban J connectivity index is 1.71. The molecule has 2 heterocycles. The number of aromatic nitrogens is 2. The number of nitrogens with zero attached hydrogens (tertiary/aromatic N) is 3. The number of hydrogen-bond donors (Lipinski definition) is 1. The highest BCUT2D eigenvalue weighted by Crippen LogP contribution is 2.22. The van der Waals surface area contributed by atoms with Crippen LogP contribution in [0.25, 0.3) is 0 Å². The molecule has 1 aliphatic rings. The summed E-state index contributed by atoms with van der Waals surface area (Å²) in [5.74, 6) is 1.14. The molecule has 0 spiro atoms. The molecule has 2 N–H and O–H groups in total. The summed E-state index contributed by atoms with van der Waals surface area (Å²) in [7, 11) is 0. The van der Waals surface area contributed by atoms with E-state index in [2.05, 4.69) is 58.8 Å². The van der Waals surface area contributed by atoms with Gasteiger partial charge in [-0.2, -0.15) is 0 Å². The summed E-state index contributed by atoms with van der Waals surface area (Å²) >= 11 is 0. The third-order valence-corrected chi connectivity index (χ3v) is 4.64. The van der Waals surface area contributed by atoms with Crippen molar-refractivity contribution < 1.29 is 0 Å². The molecule has 2 aromatic rings. The van der Waals surface area contributed by atoms with Crippen molar-refractivity contribution in [2.45, 2.75) is 45.4 Å². The molecule has 1 aromatic carbocycles. The van der Waals surface area contributed by atoms with Gasteiger partial charge < -0.3 is 10.3 Å². The van der Waals surface area contributed by atoms with Gasteiger partial charge in [0.05, 0.1) is 6.54 Å². The minimum Gasteiger partial charge on any atom is -0.333 e. The Bertz CT molecular complexity index is 587. The molecule has 0 saturated heterocycles. The predicted octanol–water partition coefficient (Wildman–Crippen LogP) is 2.35. The first-order valence-corrected chi connectivity index (χ1v) is 7.77. The van der Waals surface area contributed by atoms with Crippen LogP contribution in [0.15, 0.2) is 36.7 Å². The molecule has 0 saturated carbocycles. The first kappa shape index (κ1) is 14.3. The highest BCUT2D eigenvalue weighted by molar-refractivity contribution is 5.25. The van der Waals surface area contributed by atoms with Gasteiger partial charge in [-0.1, -0.05) is 31.2 Å². The number of nitrogens with two attached hydrogens (primary N) is 1. The molecule has 0 radical (unpaired) electrons. The maximum atomic E-state index is 6.49. The Labute approximate surface area is 126 Å². The molecule has 3 rings (SSSR count). The molecule has 112 valence electrons. The second-order valence-electron chi connectivity index (χ2n) is 5.87. The lowest BCUT2D eigenvalue weighted by Gasteiger charge is -2.36. The Kier molecular flexibility index (Phi) is 4.08. The molecular weight excluding hydrogens is 260 g/mol. The summed E-state index contributed by atoms with van der Waals surface area (Å²) in [6, 6.07) is 9.06. The van der Waals surface area contributed by atoms with E-state index in [4.69, 9.17) is 5.73 Å².